The lowest BCUT2D eigenvalue weighted by atomic mass is 10.1. The Hall–Kier alpha value is -1.01. The second-order valence-electron chi connectivity index (χ2n) is 9.61. The number of ether oxygens (including phenoxy) is 2. The zero-order valence-electron chi connectivity index (χ0n) is 21.8. The van der Waals surface area contributed by atoms with Crippen molar-refractivity contribution < 1.29 is 29.3 Å². The maximum atomic E-state index is 13.0. The smallest absolute Gasteiger partial charge is 0.239 e. The van der Waals surface area contributed by atoms with Gasteiger partial charge in [-0.2, -0.15) is 0 Å². The van der Waals surface area contributed by atoms with Crippen molar-refractivity contribution in [2.24, 2.45) is 17.4 Å². The Bertz CT molecular complexity index is 586. The van der Waals surface area contributed by atoms with Crippen LogP contribution in [0.15, 0.2) is 0 Å². The summed E-state index contributed by atoms with van der Waals surface area (Å²) in [7, 11) is 0. The molecule has 0 unspecified atom stereocenters. The molecule has 0 bridgehead atoms. The van der Waals surface area contributed by atoms with Gasteiger partial charge in [-0.1, -0.05) is 20.3 Å². The van der Waals surface area contributed by atoms with Gasteiger partial charge in [0.1, 0.15) is 18.3 Å². The van der Waals surface area contributed by atoms with Gasteiger partial charge in [0.25, 0.3) is 0 Å². The van der Waals surface area contributed by atoms with Gasteiger partial charge in [0.15, 0.2) is 0 Å². The highest BCUT2D eigenvalue weighted by Crippen LogP contribution is 2.13. The summed E-state index contributed by atoms with van der Waals surface area (Å²) in [6.45, 7) is 8.20. The number of carbonyl (C=O) groups is 2. The lowest BCUT2D eigenvalue weighted by Gasteiger charge is -2.34. The third-order valence-corrected chi connectivity index (χ3v) is 6.14. The molecule has 1 aliphatic heterocycles. The largest absolute Gasteiger partial charge is 0.388 e. The van der Waals surface area contributed by atoms with E-state index in [9.17, 15) is 19.8 Å². The van der Waals surface area contributed by atoms with Gasteiger partial charge in [-0.3, -0.25) is 9.59 Å². The van der Waals surface area contributed by atoms with Gasteiger partial charge in [0, 0.05) is 46.3 Å². The second-order valence-corrected chi connectivity index (χ2v) is 9.61. The summed E-state index contributed by atoms with van der Waals surface area (Å²) in [5, 5.41) is 21.2. The molecule has 1 aliphatic rings. The summed E-state index contributed by atoms with van der Waals surface area (Å²) in [5.41, 5.74) is 11.7. The summed E-state index contributed by atoms with van der Waals surface area (Å²) >= 11 is 0. The molecule has 35 heavy (non-hydrogen) atoms. The highest BCUT2D eigenvalue weighted by molar-refractivity contribution is 5.85. The molecule has 208 valence electrons. The Morgan fingerprint density at radius 2 is 1.77 bits per heavy atom. The Balaban J connectivity index is 0.0000116. The minimum absolute atomic E-state index is 0. The molecule has 0 aromatic heterocycles. The number of unbranched alkanes of at least 4 members (excludes halogenated alkanes) is 1. The van der Waals surface area contributed by atoms with Gasteiger partial charge >= 0.3 is 0 Å². The predicted octanol–water partition coefficient (Wildman–Crippen LogP) is 0.505. The first-order chi connectivity index (χ1) is 16.2. The van der Waals surface area contributed by atoms with Crippen LogP contribution in [0.25, 0.3) is 0 Å². The number of carbonyl (C=O) groups excluding carboxylic acids is 2. The summed E-state index contributed by atoms with van der Waals surface area (Å²) in [5.74, 6) is 0.0947. The van der Waals surface area contributed by atoms with E-state index in [0.29, 0.717) is 64.6 Å². The van der Waals surface area contributed by atoms with Crippen LogP contribution in [0.4, 0.5) is 0 Å². The van der Waals surface area contributed by atoms with E-state index in [1.807, 2.05) is 0 Å². The first-order valence-electron chi connectivity index (χ1n) is 12.7. The summed E-state index contributed by atoms with van der Waals surface area (Å²) in [4.78, 5) is 28.7. The third kappa shape index (κ3) is 13.8. The maximum absolute atomic E-state index is 13.0. The summed E-state index contributed by atoms with van der Waals surface area (Å²) in [6.07, 6.45) is 1.29. The molecular formula is C24H49ClN4O6. The van der Waals surface area contributed by atoms with Gasteiger partial charge < -0.3 is 41.0 Å². The molecule has 0 spiro atoms. The molecular weight excluding hydrogens is 476 g/mol. The molecule has 11 heteroatoms. The Morgan fingerprint density at radius 1 is 1.09 bits per heavy atom. The molecule has 10 nitrogen and oxygen atoms in total. The Morgan fingerprint density at radius 3 is 2.40 bits per heavy atom. The fraction of sp³-hybridized carbons (Fsp3) is 0.917. The van der Waals surface area contributed by atoms with Gasteiger partial charge in [-0.25, -0.2) is 0 Å². The van der Waals surface area contributed by atoms with E-state index in [1.165, 1.54) is 6.92 Å². The summed E-state index contributed by atoms with van der Waals surface area (Å²) in [6, 6.07) is -0.600. The molecule has 1 rings (SSSR count). The fourth-order valence-corrected chi connectivity index (χ4v) is 3.81. The van der Waals surface area contributed by atoms with E-state index in [2.05, 4.69) is 13.8 Å². The normalized spacial score (nSPS) is 23.9. The molecule has 0 aromatic rings. The van der Waals surface area contributed by atoms with Crippen molar-refractivity contribution in [1.29, 1.82) is 0 Å². The van der Waals surface area contributed by atoms with E-state index in [-0.39, 0.29) is 37.4 Å². The lowest BCUT2D eigenvalue weighted by Crippen LogP contribution is -2.52. The van der Waals surface area contributed by atoms with Crippen LogP contribution in [-0.4, -0.2) is 109 Å². The molecule has 0 aliphatic carbocycles. The number of nitrogens with two attached hydrogens (primary N) is 2. The SMILES string of the molecule is CC(=O)N1CCN(C(=O)[C@@H](N)CCCCN)CCCCOC[C@@H](O)[C@@H](O)[C@H](OCCC(C)C)C1.Cl. The maximum Gasteiger partial charge on any atom is 0.239 e. The Labute approximate surface area is 217 Å². The molecule has 1 saturated heterocycles. The highest BCUT2D eigenvalue weighted by atomic mass is 35.5. The van der Waals surface area contributed by atoms with Crippen LogP contribution in [0, 0.1) is 5.92 Å². The van der Waals surface area contributed by atoms with Crippen LogP contribution in [0.3, 0.4) is 0 Å². The number of hydrogen-bond acceptors (Lipinski definition) is 8. The predicted molar refractivity (Wildman–Crippen MR) is 138 cm³/mol. The van der Waals surface area contributed by atoms with Crippen molar-refractivity contribution in [3.8, 4) is 0 Å². The van der Waals surface area contributed by atoms with Gasteiger partial charge in [-0.05, 0) is 44.6 Å². The monoisotopic (exact) mass is 524 g/mol. The Kier molecular flexibility index (Phi) is 18.6. The fourth-order valence-electron chi connectivity index (χ4n) is 3.81. The van der Waals surface area contributed by atoms with Crippen LogP contribution in [0.2, 0.25) is 0 Å². The van der Waals surface area contributed by atoms with Crippen molar-refractivity contribution >= 4 is 24.2 Å². The topological polar surface area (TPSA) is 152 Å². The number of hydrogen-bond donors (Lipinski definition) is 4. The first kappa shape index (κ1) is 34.0. The minimum Gasteiger partial charge on any atom is -0.388 e. The van der Waals surface area contributed by atoms with Crippen molar-refractivity contribution in [3.63, 3.8) is 0 Å². The van der Waals surface area contributed by atoms with Crippen LogP contribution in [-0.2, 0) is 19.1 Å². The molecule has 1 heterocycles. The van der Waals surface area contributed by atoms with Gasteiger partial charge in [0.05, 0.1) is 12.6 Å². The van der Waals surface area contributed by atoms with E-state index < -0.39 is 24.4 Å². The van der Waals surface area contributed by atoms with Gasteiger partial charge in [-0.15, -0.1) is 12.4 Å². The zero-order chi connectivity index (χ0) is 25.5. The zero-order valence-corrected chi connectivity index (χ0v) is 22.6. The molecule has 4 atom stereocenters. The first-order valence-corrected chi connectivity index (χ1v) is 12.7. The average molecular weight is 525 g/mol. The molecule has 1 fully saturated rings. The van der Waals surface area contributed by atoms with Crippen molar-refractivity contribution in [2.75, 3.05) is 52.5 Å². The van der Waals surface area contributed by atoms with E-state index in [0.717, 1.165) is 19.3 Å². The minimum atomic E-state index is -1.20. The number of aliphatic hydroxyl groups is 2. The number of rotatable bonds is 9. The van der Waals surface area contributed by atoms with Crippen molar-refractivity contribution in [2.45, 2.75) is 83.6 Å². The highest BCUT2D eigenvalue weighted by Gasteiger charge is 2.31. The number of amides is 2. The summed E-state index contributed by atoms with van der Waals surface area (Å²) < 4.78 is 11.5. The van der Waals surface area contributed by atoms with E-state index >= 15 is 0 Å². The molecule has 0 saturated carbocycles. The lowest BCUT2D eigenvalue weighted by molar-refractivity contribution is -0.142. The standard InChI is InChI=1S/C24H48N4O6.ClH/c1-18(2)9-15-34-22-16-28(19(3)29)13-12-27(24(32)20(26)8-4-5-10-25)11-6-7-14-33-17-21(30)23(22)31;/h18,20-23,30-31H,4-17,25-26H2,1-3H3;1H/t20-,21+,22+,23+;/m0./s1. The van der Waals surface area contributed by atoms with E-state index in [1.54, 1.807) is 9.80 Å². The number of nitrogens with zero attached hydrogens (tertiary/aromatic N) is 2. The number of halogens is 1. The second kappa shape index (κ2) is 19.1. The van der Waals surface area contributed by atoms with Crippen LogP contribution < -0.4 is 11.5 Å². The van der Waals surface area contributed by atoms with Crippen LogP contribution in [0.5, 0.6) is 0 Å². The van der Waals surface area contributed by atoms with Crippen molar-refractivity contribution in [3.05, 3.63) is 0 Å². The molecule has 2 amide bonds. The third-order valence-electron chi connectivity index (χ3n) is 6.14. The molecule has 6 N–H and O–H groups in total. The van der Waals surface area contributed by atoms with Crippen LogP contribution in [0.1, 0.15) is 59.3 Å². The van der Waals surface area contributed by atoms with Crippen molar-refractivity contribution in [1.82, 2.24) is 9.80 Å². The molecule has 0 radical (unpaired) electrons. The average Bonchev–Trinajstić information content (AvgIpc) is 2.79. The van der Waals surface area contributed by atoms with Crippen LogP contribution >= 0.6 is 12.4 Å². The quantitative estimate of drug-likeness (QED) is 0.318. The van der Waals surface area contributed by atoms with Gasteiger partial charge in [0.2, 0.25) is 11.8 Å². The molecule has 0 aromatic carbocycles. The van der Waals surface area contributed by atoms with E-state index in [4.69, 9.17) is 20.9 Å². The number of aliphatic hydroxyl groups excluding tert-OH is 2.